The highest BCUT2D eigenvalue weighted by Crippen LogP contribution is 2.26. The molecule has 2 rings (SSSR count). The molecule has 1 saturated carbocycles. The minimum atomic E-state index is -4.73. The van der Waals surface area contributed by atoms with Crippen molar-refractivity contribution in [3.05, 3.63) is 29.8 Å². The molecular weight excluding hydrogens is 327 g/mol. The van der Waals surface area contributed by atoms with E-state index in [0.717, 1.165) is 6.42 Å². The van der Waals surface area contributed by atoms with Crippen LogP contribution in [-0.2, 0) is 16.0 Å². The highest BCUT2D eigenvalue weighted by Gasteiger charge is 2.33. The molecule has 132 valence electrons. The monoisotopic (exact) mass is 345 g/mol. The summed E-state index contributed by atoms with van der Waals surface area (Å²) in [7, 11) is 0. The number of nitrogens with one attached hydrogen (secondary N) is 1. The first kappa shape index (κ1) is 18.1. The molecule has 24 heavy (non-hydrogen) atoms. The van der Waals surface area contributed by atoms with E-state index in [-0.39, 0.29) is 24.1 Å². The number of hydrogen-bond donors (Lipinski definition) is 2. The van der Waals surface area contributed by atoms with E-state index >= 15 is 0 Å². The van der Waals surface area contributed by atoms with E-state index in [9.17, 15) is 22.8 Å². The lowest BCUT2D eigenvalue weighted by molar-refractivity contribution is -0.274. The molecule has 1 fully saturated rings. The molecule has 0 heterocycles. The summed E-state index contributed by atoms with van der Waals surface area (Å²) in [5.41, 5.74) is 0.695. The number of ether oxygens (including phenoxy) is 1. The molecule has 2 N–H and O–H groups in total. The van der Waals surface area contributed by atoms with E-state index in [4.69, 9.17) is 5.11 Å². The maximum atomic E-state index is 12.1. The highest BCUT2D eigenvalue weighted by molar-refractivity contribution is 5.78. The van der Waals surface area contributed by atoms with Gasteiger partial charge >= 0.3 is 12.3 Å². The van der Waals surface area contributed by atoms with Crippen molar-refractivity contribution in [2.24, 2.45) is 5.92 Å². The van der Waals surface area contributed by atoms with Crippen molar-refractivity contribution < 1.29 is 32.6 Å². The molecule has 2 atom stereocenters. The Morgan fingerprint density at radius 1 is 1.21 bits per heavy atom. The zero-order valence-electron chi connectivity index (χ0n) is 12.8. The molecule has 0 aromatic heterocycles. The number of carboxylic acid groups (broad SMARTS) is 1. The van der Waals surface area contributed by atoms with Gasteiger partial charge in [0, 0.05) is 12.5 Å². The number of carboxylic acids is 1. The van der Waals surface area contributed by atoms with E-state index in [2.05, 4.69) is 10.1 Å². The van der Waals surface area contributed by atoms with Crippen molar-refractivity contribution in [2.75, 3.05) is 0 Å². The molecule has 0 aliphatic heterocycles. The number of carbonyl (C=O) groups excluding carboxylic acids is 1. The summed E-state index contributed by atoms with van der Waals surface area (Å²) in [5.74, 6) is -2.03. The van der Waals surface area contributed by atoms with Gasteiger partial charge in [-0.15, -0.1) is 13.2 Å². The van der Waals surface area contributed by atoms with Crippen molar-refractivity contribution in [3.63, 3.8) is 0 Å². The Hall–Kier alpha value is -2.25. The number of rotatable bonds is 6. The molecule has 1 aliphatic rings. The van der Waals surface area contributed by atoms with E-state index in [0.29, 0.717) is 24.8 Å². The van der Waals surface area contributed by atoms with Crippen LogP contribution in [0, 0.1) is 5.92 Å². The van der Waals surface area contributed by atoms with Crippen LogP contribution in [0.2, 0.25) is 0 Å². The fourth-order valence-corrected chi connectivity index (χ4v) is 2.82. The number of hydrogen-bond acceptors (Lipinski definition) is 3. The van der Waals surface area contributed by atoms with Gasteiger partial charge in [-0.05, 0) is 37.0 Å². The summed E-state index contributed by atoms with van der Waals surface area (Å²) in [6, 6.07) is 4.96. The average molecular weight is 345 g/mol. The molecule has 0 saturated heterocycles. The van der Waals surface area contributed by atoms with E-state index in [1.54, 1.807) is 0 Å². The Kier molecular flexibility index (Phi) is 5.69. The highest BCUT2D eigenvalue weighted by atomic mass is 19.4. The topological polar surface area (TPSA) is 75.6 Å². The van der Waals surface area contributed by atoms with E-state index < -0.39 is 18.2 Å². The van der Waals surface area contributed by atoms with Gasteiger partial charge in [0.15, 0.2) is 0 Å². The first-order chi connectivity index (χ1) is 11.2. The minimum Gasteiger partial charge on any atom is -0.481 e. The van der Waals surface area contributed by atoms with Crippen LogP contribution in [0.15, 0.2) is 24.3 Å². The van der Waals surface area contributed by atoms with Crippen LogP contribution in [0.25, 0.3) is 0 Å². The van der Waals surface area contributed by atoms with Crippen LogP contribution < -0.4 is 10.1 Å². The number of benzene rings is 1. The largest absolute Gasteiger partial charge is 0.573 e. The number of aryl methyl sites for hydroxylation is 1. The van der Waals surface area contributed by atoms with Gasteiger partial charge in [-0.2, -0.15) is 0 Å². The molecule has 0 radical (unpaired) electrons. The van der Waals surface area contributed by atoms with Crippen LogP contribution >= 0.6 is 0 Å². The minimum absolute atomic E-state index is 0.141. The van der Waals surface area contributed by atoms with Gasteiger partial charge in [0.25, 0.3) is 0 Å². The van der Waals surface area contributed by atoms with Crippen LogP contribution in [0.5, 0.6) is 5.75 Å². The van der Waals surface area contributed by atoms with Crippen molar-refractivity contribution >= 4 is 11.9 Å². The lowest BCUT2D eigenvalue weighted by Crippen LogP contribution is -2.40. The summed E-state index contributed by atoms with van der Waals surface area (Å²) >= 11 is 0. The third-order valence-corrected chi connectivity index (χ3v) is 3.98. The zero-order chi connectivity index (χ0) is 17.7. The fraction of sp³-hybridized carbons (Fsp3) is 0.500. The van der Waals surface area contributed by atoms with E-state index in [1.807, 2.05) is 0 Å². The predicted octanol–water partition coefficient (Wildman–Crippen LogP) is 2.89. The molecular formula is C16H18F3NO4. The van der Waals surface area contributed by atoms with Crippen LogP contribution in [0.3, 0.4) is 0 Å². The number of carbonyl (C=O) groups is 2. The molecule has 5 nitrogen and oxygen atoms in total. The third kappa shape index (κ3) is 5.43. The Balaban J connectivity index is 1.80. The predicted molar refractivity (Wildman–Crippen MR) is 78.4 cm³/mol. The lowest BCUT2D eigenvalue weighted by atomic mass is 10.0. The van der Waals surface area contributed by atoms with Gasteiger partial charge in [-0.3, -0.25) is 9.59 Å². The summed E-state index contributed by atoms with van der Waals surface area (Å²) < 4.78 is 40.0. The second-order valence-corrected chi connectivity index (χ2v) is 5.74. The van der Waals surface area contributed by atoms with Gasteiger partial charge in [0.2, 0.25) is 5.91 Å². The summed E-state index contributed by atoms with van der Waals surface area (Å²) in [6.07, 6.45) is -2.27. The Bertz CT molecular complexity index is 586. The fourth-order valence-electron chi connectivity index (χ4n) is 2.82. The maximum Gasteiger partial charge on any atom is 0.573 e. The van der Waals surface area contributed by atoms with Crippen molar-refractivity contribution in [2.45, 2.75) is 44.5 Å². The molecule has 1 aliphatic carbocycles. The first-order valence-electron chi connectivity index (χ1n) is 7.61. The Labute approximate surface area is 136 Å². The van der Waals surface area contributed by atoms with Gasteiger partial charge in [0.1, 0.15) is 5.75 Å². The second-order valence-electron chi connectivity index (χ2n) is 5.74. The van der Waals surface area contributed by atoms with Gasteiger partial charge < -0.3 is 15.2 Å². The quantitative estimate of drug-likeness (QED) is 0.831. The van der Waals surface area contributed by atoms with Gasteiger partial charge in [0.05, 0.1) is 5.92 Å². The summed E-state index contributed by atoms with van der Waals surface area (Å²) in [5, 5.41) is 11.8. The lowest BCUT2D eigenvalue weighted by Gasteiger charge is -2.17. The van der Waals surface area contributed by atoms with Gasteiger partial charge in [-0.1, -0.05) is 18.6 Å². The Morgan fingerprint density at radius 2 is 1.88 bits per heavy atom. The number of aliphatic carboxylic acids is 1. The molecule has 0 bridgehead atoms. The van der Waals surface area contributed by atoms with Crippen molar-refractivity contribution in [1.82, 2.24) is 5.32 Å². The molecule has 1 aromatic rings. The molecule has 1 amide bonds. The maximum absolute atomic E-state index is 12.1. The van der Waals surface area contributed by atoms with Crippen molar-refractivity contribution in [3.8, 4) is 5.75 Å². The SMILES string of the molecule is O=C(CCc1ccc(OC(F)(F)F)cc1)N[C@H]1CCC[C@H]1C(=O)O. The molecule has 1 aromatic carbocycles. The van der Waals surface area contributed by atoms with E-state index in [1.165, 1.54) is 24.3 Å². The number of alkyl halides is 3. The molecule has 8 heteroatoms. The number of halogens is 3. The summed E-state index contributed by atoms with van der Waals surface area (Å²) in [4.78, 5) is 23.0. The molecule has 0 unspecified atom stereocenters. The van der Waals surface area contributed by atoms with Crippen LogP contribution in [0.4, 0.5) is 13.2 Å². The Morgan fingerprint density at radius 3 is 2.46 bits per heavy atom. The average Bonchev–Trinajstić information content (AvgIpc) is 2.93. The summed E-state index contributed by atoms with van der Waals surface area (Å²) in [6.45, 7) is 0. The smallest absolute Gasteiger partial charge is 0.481 e. The standard InChI is InChI=1S/C16H18F3NO4/c17-16(18,19)24-11-7-4-10(5-8-11)6-9-14(21)20-13-3-1-2-12(13)15(22)23/h4-5,7-8,12-13H,1-3,6,9H2,(H,20,21)(H,22,23)/t12-,13+/m1/s1. The molecule has 0 spiro atoms. The zero-order valence-corrected chi connectivity index (χ0v) is 12.8. The van der Waals surface area contributed by atoms with Gasteiger partial charge in [-0.25, -0.2) is 0 Å². The normalized spacial score (nSPS) is 20.6. The number of amides is 1. The van der Waals surface area contributed by atoms with Crippen LogP contribution in [-0.4, -0.2) is 29.4 Å². The third-order valence-electron chi connectivity index (χ3n) is 3.98. The van der Waals surface area contributed by atoms with Crippen molar-refractivity contribution in [1.29, 1.82) is 0 Å². The van der Waals surface area contributed by atoms with Crippen LogP contribution in [0.1, 0.15) is 31.2 Å². The second kappa shape index (κ2) is 7.55. The first-order valence-corrected chi connectivity index (χ1v) is 7.61.